The number of pyridine rings is 2. The number of imidazole rings is 1. The van der Waals surface area contributed by atoms with Crippen LogP contribution in [0.4, 0.5) is 0 Å². The summed E-state index contributed by atoms with van der Waals surface area (Å²) in [6.45, 7) is 6.76. The molecular weight excluding hydrogens is 378 g/mol. The van der Waals surface area contributed by atoms with Crippen LogP contribution in [0.1, 0.15) is 68.2 Å². The molecule has 31 heavy (non-hydrogen) atoms. The predicted octanol–water partition coefficient (Wildman–Crippen LogP) is 6.71. The molecule has 156 valence electrons. The smallest absolute Gasteiger partial charge is 0.251 e. The van der Waals surface area contributed by atoms with Gasteiger partial charge in [-0.3, -0.25) is 4.98 Å². The molecule has 3 nitrogen and oxygen atoms in total. The van der Waals surface area contributed by atoms with E-state index < -0.39 is 0 Å². The Kier molecular flexibility index (Phi) is 4.11. The van der Waals surface area contributed by atoms with Gasteiger partial charge < -0.3 is 0 Å². The molecule has 6 rings (SSSR count). The third-order valence-corrected chi connectivity index (χ3v) is 7.41. The second kappa shape index (κ2) is 6.78. The van der Waals surface area contributed by atoms with Gasteiger partial charge in [0, 0.05) is 5.69 Å². The fourth-order valence-corrected chi connectivity index (χ4v) is 5.87. The van der Waals surface area contributed by atoms with Gasteiger partial charge >= 0.3 is 0 Å². The lowest BCUT2D eigenvalue weighted by Gasteiger charge is -2.16. The summed E-state index contributed by atoms with van der Waals surface area (Å²) < 4.78 is 4.83. The van der Waals surface area contributed by atoms with Crippen molar-refractivity contribution in [2.24, 2.45) is 7.05 Å². The van der Waals surface area contributed by atoms with E-state index in [1.807, 2.05) is 0 Å². The third-order valence-electron chi connectivity index (χ3n) is 7.41. The van der Waals surface area contributed by atoms with Gasteiger partial charge in [0.15, 0.2) is 11.0 Å². The molecule has 0 atom stereocenters. The van der Waals surface area contributed by atoms with E-state index in [0.29, 0.717) is 11.8 Å². The molecular formula is C28H30N3+. The summed E-state index contributed by atoms with van der Waals surface area (Å²) in [6, 6.07) is 18.0. The van der Waals surface area contributed by atoms with Crippen molar-refractivity contribution in [3.8, 4) is 0 Å². The van der Waals surface area contributed by atoms with Crippen molar-refractivity contribution in [1.82, 2.24) is 9.38 Å². The highest BCUT2D eigenvalue weighted by Gasteiger charge is 2.28. The molecule has 3 heterocycles. The van der Waals surface area contributed by atoms with Gasteiger partial charge in [0.05, 0.1) is 23.3 Å². The zero-order chi connectivity index (χ0) is 21.3. The van der Waals surface area contributed by atoms with Crippen LogP contribution in [0, 0.1) is 6.92 Å². The van der Waals surface area contributed by atoms with Crippen LogP contribution >= 0.6 is 0 Å². The lowest BCUT2D eigenvalue weighted by Crippen LogP contribution is -2.27. The zero-order valence-corrected chi connectivity index (χ0v) is 18.9. The molecule has 0 saturated heterocycles. The maximum absolute atomic E-state index is 5.33. The molecule has 0 unspecified atom stereocenters. The zero-order valence-electron chi connectivity index (χ0n) is 18.9. The molecule has 3 heteroatoms. The Hall–Kier alpha value is -2.94. The summed E-state index contributed by atoms with van der Waals surface area (Å²) in [5.74, 6) is 1.05. The quantitative estimate of drug-likeness (QED) is 0.235. The number of para-hydroxylation sites is 2. The van der Waals surface area contributed by atoms with Crippen molar-refractivity contribution in [1.29, 1.82) is 0 Å². The monoisotopic (exact) mass is 408 g/mol. The maximum Gasteiger partial charge on any atom is 0.297 e. The normalized spacial score (nSPS) is 15.4. The highest BCUT2D eigenvalue weighted by atomic mass is 15.1. The minimum atomic E-state index is 0.410. The Balaban J connectivity index is 1.93. The summed E-state index contributed by atoms with van der Waals surface area (Å²) in [5, 5.41) is 2.66. The van der Waals surface area contributed by atoms with Gasteiger partial charge in [-0.2, -0.15) is 4.40 Å². The van der Waals surface area contributed by atoms with Crippen LogP contribution < -0.4 is 4.57 Å². The van der Waals surface area contributed by atoms with Crippen LogP contribution in [0.5, 0.6) is 0 Å². The number of rotatable bonds is 2. The van der Waals surface area contributed by atoms with E-state index in [-0.39, 0.29) is 0 Å². The minimum absolute atomic E-state index is 0.410. The summed E-state index contributed by atoms with van der Waals surface area (Å²) in [6.07, 6.45) is 5.27. The number of aryl methyl sites for hydroxylation is 2. The molecule has 5 aromatic rings. The Morgan fingerprint density at radius 2 is 1.71 bits per heavy atom. The number of fused-ring (bicyclic) bond motifs is 8. The Labute approximate surface area is 183 Å². The molecule has 1 aliphatic rings. The topological polar surface area (TPSA) is 21.2 Å². The molecule has 0 amide bonds. The first kappa shape index (κ1) is 18.8. The van der Waals surface area contributed by atoms with Gasteiger partial charge in [-0.1, -0.05) is 51.0 Å². The number of aromatic nitrogens is 3. The Morgan fingerprint density at radius 1 is 0.968 bits per heavy atom. The van der Waals surface area contributed by atoms with E-state index in [4.69, 9.17) is 4.98 Å². The largest absolute Gasteiger partial charge is 0.297 e. The second-order valence-corrected chi connectivity index (χ2v) is 9.67. The lowest BCUT2D eigenvalue weighted by atomic mass is 9.91. The summed E-state index contributed by atoms with van der Waals surface area (Å²) in [4.78, 5) is 5.33. The van der Waals surface area contributed by atoms with Gasteiger partial charge in [-0.25, -0.2) is 4.57 Å². The fraction of sp³-hybridized carbons (Fsp3) is 0.357. The standard InChI is InChI=1S/C28H30N3/c1-17(2)21-16-18(3)25-27(29-21)26-20(19-10-5-6-11-19)12-9-15-24(26)31-23-14-8-7-13-22(23)30(4)28(25)31/h7-9,12-17,19H,5-6,10-11H2,1-4H3/q+1. The maximum atomic E-state index is 5.33. The van der Waals surface area contributed by atoms with Crippen LogP contribution in [-0.4, -0.2) is 9.38 Å². The molecule has 0 N–H and O–H groups in total. The summed E-state index contributed by atoms with van der Waals surface area (Å²) >= 11 is 0. The Bertz CT molecular complexity index is 1480. The number of hydrogen-bond acceptors (Lipinski definition) is 1. The molecule has 1 fully saturated rings. The van der Waals surface area contributed by atoms with Crippen LogP contribution in [-0.2, 0) is 7.05 Å². The van der Waals surface area contributed by atoms with Crippen LogP contribution in [0.25, 0.3) is 38.5 Å². The Morgan fingerprint density at radius 3 is 2.48 bits per heavy atom. The first-order chi connectivity index (χ1) is 15.1. The molecule has 2 aromatic carbocycles. The lowest BCUT2D eigenvalue weighted by molar-refractivity contribution is -0.617. The minimum Gasteiger partial charge on any atom is -0.251 e. The molecule has 0 spiro atoms. The number of hydrogen-bond donors (Lipinski definition) is 0. The van der Waals surface area contributed by atoms with Crippen LogP contribution in [0.15, 0.2) is 48.5 Å². The molecule has 0 bridgehead atoms. The van der Waals surface area contributed by atoms with E-state index in [0.717, 1.165) is 0 Å². The van der Waals surface area contributed by atoms with Crippen molar-refractivity contribution in [2.75, 3.05) is 0 Å². The molecule has 3 aromatic heterocycles. The van der Waals surface area contributed by atoms with Crippen molar-refractivity contribution >= 4 is 38.5 Å². The summed E-state index contributed by atoms with van der Waals surface area (Å²) in [5.41, 5.74) is 10.2. The van der Waals surface area contributed by atoms with Gasteiger partial charge in [-0.05, 0) is 67.0 Å². The summed E-state index contributed by atoms with van der Waals surface area (Å²) in [7, 11) is 2.19. The van der Waals surface area contributed by atoms with E-state index in [9.17, 15) is 0 Å². The van der Waals surface area contributed by atoms with Crippen molar-refractivity contribution in [3.05, 3.63) is 65.4 Å². The van der Waals surface area contributed by atoms with Crippen LogP contribution in [0.2, 0.25) is 0 Å². The van der Waals surface area contributed by atoms with E-state index in [2.05, 4.69) is 85.3 Å². The first-order valence-electron chi connectivity index (χ1n) is 11.7. The van der Waals surface area contributed by atoms with Crippen LogP contribution in [0.3, 0.4) is 0 Å². The van der Waals surface area contributed by atoms with Crippen molar-refractivity contribution in [2.45, 2.75) is 58.3 Å². The first-order valence-corrected chi connectivity index (χ1v) is 11.7. The molecule has 0 radical (unpaired) electrons. The molecule has 0 aliphatic heterocycles. The van der Waals surface area contributed by atoms with E-state index in [1.165, 1.54) is 81.0 Å². The van der Waals surface area contributed by atoms with Crippen molar-refractivity contribution < 1.29 is 4.57 Å². The second-order valence-electron chi connectivity index (χ2n) is 9.67. The van der Waals surface area contributed by atoms with Gasteiger partial charge in [0.25, 0.3) is 5.65 Å². The average Bonchev–Trinajstić information content (AvgIpc) is 3.41. The number of benzene rings is 2. The van der Waals surface area contributed by atoms with Gasteiger partial charge in [-0.15, -0.1) is 0 Å². The van der Waals surface area contributed by atoms with Gasteiger partial charge in [0.1, 0.15) is 5.52 Å². The van der Waals surface area contributed by atoms with E-state index in [1.54, 1.807) is 0 Å². The average molecular weight is 409 g/mol. The molecule has 1 saturated carbocycles. The van der Waals surface area contributed by atoms with Crippen molar-refractivity contribution in [3.63, 3.8) is 0 Å². The SMILES string of the molecule is Cc1cc(C(C)C)nc2c3c(C4CCCC4)cccc3n3c4ccccc4[n+](C)c3c12. The van der Waals surface area contributed by atoms with E-state index >= 15 is 0 Å². The number of nitrogens with zero attached hydrogens (tertiary/aromatic N) is 3. The highest BCUT2D eigenvalue weighted by Crippen LogP contribution is 2.41. The third kappa shape index (κ3) is 2.59. The molecule has 1 aliphatic carbocycles. The fourth-order valence-electron chi connectivity index (χ4n) is 5.87. The highest BCUT2D eigenvalue weighted by molar-refractivity contribution is 6.13. The predicted molar refractivity (Wildman–Crippen MR) is 129 cm³/mol. The van der Waals surface area contributed by atoms with Gasteiger partial charge in [0.2, 0.25) is 0 Å².